The Morgan fingerprint density at radius 3 is 2.42 bits per heavy atom. The zero-order chi connectivity index (χ0) is 22.0. The molecule has 0 N–H and O–H groups in total. The lowest BCUT2D eigenvalue weighted by molar-refractivity contribution is 0.117. The predicted molar refractivity (Wildman–Crippen MR) is 138 cm³/mol. The monoisotopic (exact) mass is 444 g/mol. The first-order valence-corrected chi connectivity index (χ1v) is 13.6. The SMILES string of the molecule is C1=C2CN(CC3CCCCC3CN3CCN(c4cccc5cccnc45)CC3)CC2CCC1. The van der Waals surface area contributed by atoms with Gasteiger partial charge in [-0.15, -0.1) is 0 Å². The second-order valence-electron chi connectivity index (χ2n) is 11.0. The Bertz CT molecular complexity index is 971. The van der Waals surface area contributed by atoms with Crippen LogP contribution in [0.3, 0.4) is 0 Å². The van der Waals surface area contributed by atoms with Gasteiger partial charge in [0.05, 0.1) is 11.2 Å². The lowest BCUT2D eigenvalue weighted by Crippen LogP contribution is -2.49. The first-order valence-electron chi connectivity index (χ1n) is 13.6. The first kappa shape index (κ1) is 21.6. The molecule has 0 amide bonds. The summed E-state index contributed by atoms with van der Waals surface area (Å²) in [6.07, 6.45) is 14.5. The molecule has 4 heteroatoms. The number of fused-ring (bicyclic) bond motifs is 2. The summed E-state index contributed by atoms with van der Waals surface area (Å²) in [6, 6.07) is 10.8. The maximum Gasteiger partial charge on any atom is 0.0935 e. The number of nitrogens with zero attached hydrogens (tertiary/aromatic N) is 4. The van der Waals surface area contributed by atoms with E-state index in [0.717, 1.165) is 36.4 Å². The number of hydrogen-bond acceptors (Lipinski definition) is 4. The van der Waals surface area contributed by atoms with Gasteiger partial charge < -0.3 is 4.90 Å². The third-order valence-electron chi connectivity index (χ3n) is 8.95. The topological polar surface area (TPSA) is 22.6 Å². The van der Waals surface area contributed by atoms with Crippen molar-refractivity contribution < 1.29 is 0 Å². The quantitative estimate of drug-likeness (QED) is 0.591. The van der Waals surface area contributed by atoms with Crippen LogP contribution in [0, 0.1) is 17.8 Å². The standard InChI is InChI=1S/C29H40N4/c1-2-8-25(20-32-21-26-9-3-4-10-27(26)22-32)24(7-1)19-31-15-17-33(18-16-31)28-13-5-11-23-12-6-14-30-29(23)28/h5-6,9,11-14,24-25,27H,1-4,7-8,10,15-22H2. The van der Waals surface area contributed by atoms with Gasteiger partial charge in [0.2, 0.25) is 0 Å². The number of para-hydroxylation sites is 1. The predicted octanol–water partition coefficient (Wildman–Crippen LogP) is 5.21. The van der Waals surface area contributed by atoms with Crippen molar-refractivity contribution in [3.8, 4) is 0 Å². The summed E-state index contributed by atoms with van der Waals surface area (Å²) in [5.74, 6) is 2.68. The molecule has 4 aliphatic rings. The number of hydrogen-bond donors (Lipinski definition) is 0. The third kappa shape index (κ3) is 4.70. The van der Waals surface area contributed by atoms with Crippen LogP contribution < -0.4 is 4.90 Å². The summed E-state index contributed by atoms with van der Waals surface area (Å²) in [6.45, 7) is 9.88. The Balaban J connectivity index is 1.05. The molecule has 3 atom stereocenters. The van der Waals surface area contributed by atoms with Crippen molar-refractivity contribution in [2.24, 2.45) is 17.8 Å². The number of anilines is 1. The highest BCUT2D eigenvalue weighted by Gasteiger charge is 2.34. The van der Waals surface area contributed by atoms with Gasteiger partial charge in [-0.3, -0.25) is 14.8 Å². The maximum atomic E-state index is 4.69. The van der Waals surface area contributed by atoms with Gasteiger partial charge in [-0.1, -0.05) is 42.7 Å². The molecule has 6 rings (SSSR count). The number of allylic oxidation sites excluding steroid dienone is 1. The Morgan fingerprint density at radius 2 is 1.61 bits per heavy atom. The van der Waals surface area contributed by atoms with E-state index in [1.165, 1.54) is 95.3 Å². The third-order valence-corrected chi connectivity index (χ3v) is 8.95. The van der Waals surface area contributed by atoms with Crippen molar-refractivity contribution in [2.75, 3.05) is 57.3 Å². The Labute approximate surface area is 199 Å². The molecule has 3 fully saturated rings. The minimum atomic E-state index is 0.887. The van der Waals surface area contributed by atoms with Gasteiger partial charge in [-0.25, -0.2) is 0 Å². The van der Waals surface area contributed by atoms with Crippen molar-refractivity contribution in [3.05, 3.63) is 48.2 Å². The molecule has 0 spiro atoms. The molecule has 1 saturated carbocycles. The summed E-state index contributed by atoms with van der Waals surface area (Å²) in [4.78, 5) is 12.8. The molecule has 2 aliphatic heterocycles. The number of aromatic nitrogens is 1. The molecule has 1 aromatic carbocycles. The highest BCUT2D eigenvalue weighted by Crippen LogP contribution is 2.36. The Hall–Kier alpha value is -1.91. The van der Waals surface area contributed by atoms with E-state index >= 15 is 0 Å². The number of likely N-dealkylation sites (tertiary alicyclic amines) is 1. The highest BCUT2D eigenvalue weighted by molar-refractivity contribution is 5.90. The van der Waals surface area contributed by atoms with Crippen LogP contribution >= 0.6 is 0 Å². The summed E-state index contributed by atoms with van der Waals surface area (Å²) in [5.41, 5.74) is 4.24. The van der Waals surface area contributed by atoms with Crippen LogP contribution in [0.5, 0.6) is 0 Å². The average Bonchev–Trinajstić information content (AvgIpc) is 3.28. The summed E-state index contributed by atoms with van der Waals surface area (Å²) < 4.78 is 0. The normalized spacial score (nSPS) is 29.3. The molecule has 2 aromatic rings. The van der Waals surface area contributed by atoms with Gasteiger partial charge in [0.15, 0.2) is 0 Å². The fourth-order valence-corrected chi connectivity index (χ4v) is 7.12. The molecule has 3 heterocycles. The largest absolute Gasteiger partial charge is 0.367 e. The van der Waals surface area contributed by atoms with E-state index < -0.39 is 0 Å². The fraction of sp³-hybridized carbons (Fsp3) is 0.621. The zero-order valence-corrected chi connectivity index (χ0v) is 20.2. The molecular formula is C29H40N4. The van der Waals surface area contributed by atoms with Crippen LogP contribution in [-0.4, -0.2) is 67.1 Å². The average molecular weight is 445 g/mol. The number of piperazine rings is 1. The van der Waals surface area contributed by atoms with E-state index in [9.17, 15) is 0 Å². The number of pyridine rings is 1. The second kappa shape index (κ2) is 9.76. The van der Waals surface area contributed by atoms with Gasteiger partial charge >= 0.3 is 0 Å². The van der Waals surface area contributed by atoms with E-state index in [1.807, 2.05) is 12.3 Å². The minimum Gasteiger partial charge on any atom is -0.367 e. The molecule has 2 saturated heterocycles. The van der Waals surface area contributed by atoms with Crippen LogP contribution in [0.15, 0.2) is 48.2 Å². The van der Waals surface area contributed by atoms with Crippen LogP contribution in [0.25, 0.3) is 10.9 Å². The van der Waals surface area contributed by atoms with Crippen LogP contribution in [-0.2, 0) is 0 Å². The van der Waals surface area contributed by atoms with E-state index in [0.29, 0.717) is 0 Å². The van der Waals surface area contributed by atoms with E-state index in [4.69, 9.17) is 4.98 Å². The molecule has 0 radical (unpaired) electrons. The Kier molecular flexibility index (Phi) is 6.39. The fourth-order valence-electron chi connectivity index (χ4n) is 7.12. The van der Waals surface area contributed by atoms with Crippen LogP contribution in [0.4, 0.5) is 5.69 Å². The zero-order valence-electron chi connectivity index (χ0n) is 20.2. The van der Waals surface area contributed by atoms with E-state index in [2.05, 4.69) is 45.0 Å². The second-order valence-corrected chi connectivity index (χ2v) is 11.0. The molecule has 4 nitrogen and oxygen atoms in total. The maximum absolute atomic E-state index is 4.69. The van der Waals surface area contributed by atoms with Crippen molar-refractivity contribution in [3.63, 3.8) is 0 Å². The van der Waals surface area contributed by atoms with Gasteiger partial charge in [0, 0.05) is 63.9 Å². The lowest BCUT2D eigenvalue weighted by atomic mass is 9.78. The molecule has 176 valence electrons. The lowest BCUT2D eigenvalue weighted by Gasteiger charge is -2.41. The molecule has 33 heavy (non-hydrogen) atoms. The molecule has 1 aromatic heterocycles. The highest BCUT2D eigenvalue weighted by atomic mass is 15.3. The molecule has 3 unspecified atom stereocenters. The van der Waals surface area contributed by atoms with Crippen molar-refractivity contribution in [1.82, 2.24) is 14.8 Å². The summed E-state index contributed by atoms with van der Waals surface area (Å²) in [5, 5.41) is 1.25. The van der Waals surface area contributed by atoms with Crippen molar-refractivity contribution in [2.45, 2.75) is 44.9 Å². The number of benzene rings is 1. The van der Waals surface area contributed by atoms with Crippen molar-refractivity contribution in [1.29, 1.82) is 0 Å². The van der Waals surface area contributed by atoms with E-state index in [1.54, 1.807) is 5.57 Å². The minimum absolute atomic E-state index is 0.887. The van der Waals surface area contributed by atoms with Crippen LogP contribution in [0.2, 0.25) is 0 Å². The molecule has 2 aliphatic carbocycles. The summed E-state index contributed by atoms with van der Waals surface area (Å²) >= 11 is 0. The molecular weight excluding hydrogens is 404 g/mol. The molecule has 0 bridgehead atoms. The first-order chi connectivity index (χ1) is 16.3. The summed E-state index contributed by atoms with van der Waals surface area (Å²) in [7, 11) is 0. The van der Waals surface area contributed by atoms with Gasteiger partial charge in [-0.2, -0.15) is 0 Å². The van der Waals surface area contributed by atoms with Crippen molar-refractivity contribution >= 4 is 16.6 Å². The Morgan fingerprint density at radius 1 is 0.818 bits per heavy atom. The smallest absolute Gasteiger partial charge is 0.0935 e. The van der Waals surface area contributed by atoms with Crippen LogP contribution in [0.1, 0.15) is 44.9 Å². The van der Waals surface area contributed by atoms with Gasteiger partial charge in [-0.05, 0) is 62.0 Å². The van der Waals surface area contributed by atoms with E-state index in [-0.39, 0.29) is 0 Å². The number of rotatable bonds is 5. The van der Waals surface area contributed by atoms with Gasteiger partial charge in [0.1, 0.15) is 0 Å². The van der Waals surface area contributed by atoms with Gasteiger partial charge in [0.25, 0.3) is 0 Å².